The zero-order valence-corrected chi connectivity index (χ0v) is 29.2. The normalized spacial score (nSPS) is 19.2. The van der Waals surface area contributed by atoms with Crippen LogP contribution in [-0.2, 0) is 26.0 Å². The highest BCUT2D eigenvalue weighted by Crippen LogP contribution is 2.33. The van der Waals surface area contributed by atoms with Crippen molar-refractivity contribution in [3.05, 3.63) is 77.8 Å². The number of H-pyrrole nitrogens is 1. The Morgan fingerprint density at radius 2 is 1.70 bits per heavy atom. The number of hydrogen-bond donors (Lipinski definition) is 5. The van der Waals surface area contributed by atoms with Gasteiger partial charge < -0.3 is 16.8 Å². The van der Waals surface area contributed by atoms with Crippen molar-refractivity contribution in [1.82, 2.24) is 30.2 Å². The average Bonchev–Trinajstić information content (AvgIpc) is 3.58. The van der Waals surface area contributed by atoms with Crippen molar-refractivity contribution in [2.45, 2.75) is 61.9 Å². The van der Waals surface area contributed by atoms with Gasteiger partial charge in [-0.05, 0) is 117 Å². The van der Waals surface area contributed by atoms with Crippen molar-refractivity contribution in [2.24, 2.45) is 23.3 Å². The quantitative estimate of drug-likeness (QED) is 0.145. The van der Waals surface area contributed by atoms with E-state index in [1.807, 2.05) is 24.3 Å². The minimum Gasteiger partial charge on any atom is -0.368 e. The number of benzene rings is 2. The van der Waals surface area contributed by atoms with Crippen molar-refractivity contribution in [1.29, 1.82) is 0 Å². The van der Waals surface area contributed by atoms with Crippen molar-refractivity contribution in [3.63, 3.8) is 0 Å². The lowest BCUT2D eigenvalue weighted by Crippen LogP contribution is -2.52. The molecule has 6 rings (SSSR count). The van der Waals surface area contributed by atoms with Gasteiger partial charge in [0.25, 0.3) is 0 Å². The SMILES string of the molecule is NCC1CCC(C(=O)N(c2ccc(-c3n[nH]c(Cl)n3)cc2)[C@@H](Cc2cccc(-c3cncc(S(=O)(=O)NC4CCNCC4)c3)c2)C(N)=O)CC1. The van der Waals surface area contributed by atoms with Crippen LogP contribution < -0.4 is 26.4 Å². The zero-order chi connectivity index (χ0) is 35.3. The Kier molecular flexibility index (Phi) is 11.2. The van der Waals surface area contributed by atoms with Gasteiger partial charge in [-0.3, -0.25) is 19.5 Å². The first-order chi connectivity index (χ1) is 24.1. The van der Waals surface area contributed by atoms with Crippen molar-refractivity contribution < 1.29 is 18.0 Å². The molecule has 1 saturated heterocycles. The van der Waals surface area contributed by atoms with Gasteiger partial charge in [0.05, 0.1) is 0 Å². The highest BCUT2D eigenvalue weighted by atomic mass is 35.5. The third-order valence-corrected chi connectivity index (χ3v) is 11.3. The lowest BCUT2D eigenvalue weighted by molar-refractivity contribution is -0.127. The van der Waals surface area contributed by atoms with Crippen LogP contribution >= 0.6 is 11.6 Å². The smallest absolute Gasteiger partial charge is 0.242 e. The van der Waals surface area contributed by atoms with E-state index in [1.165, 1.54) is 11.1 Å². The largest absolute Gasteiger partial charge is 0.368 e. The molecule has 1 saturated carbocycles. The molecule has 4 aromatic rings. The predicted molar refractivity (Wildman–Crippen MR) is 191 cm³/mol. The second kappa shape index (κ2) is 15.8. The third kappa shape index (κ3) is 8.38. The molecule has 3 heterocycles. The van der Waals surface area contributed by atoms with Gasteiger partial charge in [0.2, 0.25) is 27.1 Å². The van der Waals surface area contributed by atoms with Gasteiger partial charge in [0, 0.05) is 47.6 Å². The average molecular weight is 720 g/mol. The molecule has 264 valence electrons. The molecule has 2 aromatic carbocycles. The number of piperidine rings is 1. The summed E-state index contributed by atoms with van der Waals surface area (Å²) in [7, 11) is -3.79. The lowest BCUT2D eigenvalue weighted by atomic mass is 9.81. The molecule has 13 nitrogen and oxygen atoms in total. The van der Waals surface area contributed by atoms with E-state index in [0.717, 1.165) is 31.5 Å². The van der Waals surface area contributed by atoms with Gasteiger partial charge in [0.15, 0.2) is 5.82 Å². The molecule has 0 unspecified atom stereocenters. The fraction of sp³-hybridized carbons (Fsp3) is 0.400. The van der Waals surface area contributed by atoms with Crippen LogP contribution in [0.4, 0.5) is 5.69 Å². The minimum absolute atomic E-state index is 0.0748. The number of nitrogens with two attached hydrogens (primary N) is 2. The first-order valence-electron chi connectivity index (χ1n) is 16.9. The van der Waals surface area contributed by atoms with Crippen LogP contribution in [0.1, 0.15) is 44.1 Å². The van der Waals surface area contributed by atoms with Crippen LogP contribution in [0.25, 0.3) is 22.5 Å². The Morgan fingerprint density at radius 1 is 0.960 bits per heavy atom. The zero-order valence-electron chi connectivity index (χ0n) is 27.6. The highest BCUT2D eigenvalue weighted by molar-refractivity contribution is 7.89. The maximum atomic E-state index is 14.3. The summed E-state index contributed by atoms with van der Waals surface area (Å²) in [6.07, 6.45) is 7.52. The van der Waals surface area contributed by atoms with Gasteiger partial charge in [-0.15, -0.1) is 0 Å². The number of primary amides is 1. The Bertz CT molecular complexity index is 1910. The van der Waals surface area contributed by atoms with Gasteiger partial charge in [-0.25, -0.2) is 18.2 Å². The van der Waals surface area contributed by atoms with E-state index < -0.39 is 22.0 Å². The molecule has 2 aromatic heterocycles. The fourth-order valence-corrected chi connectivity index (χ4v) is 8.23. The number of halogens is 1. The molecule has 1 atom stereocenters. The fourth-order valence-electron chi connectivity index (χ4n) is 6.82. The Labute approximate surface area is 296 Å². The van der Waals surface area contributed by atoms with Crippen LogP contribution in [0.5, 0.6) is 0 Å². The number of pyridine rings is 1. The van der Waals surface area contributed by atoms with Crippen molar-refractivity contribution in [3.8, 4) is 22.5 Å². The summed E-state index contributed by atoms with van der Waals surface area (Å²) in [5.74, 6) is -0.332. The number of nitrogens with zero attached hydrogens (tertiary/aromatic N) is 4. The molecule has 1 aliphatic heterocycles. The summed E-state index contributed by atoms with van der Waals surface area (Å²) in [6, 6.07) is 14.9. The number of anilines is 1. The van der Waals surface area contributed by atoms with E-state index in [9.17, 15) is 18.0 Å². The molecule has 2 amide bonds. The monoisotopic (exact) mass is 719 g/mol. The number of rotatable bonds is 12. The summed E-state index contributed by atoms with van der Waals surface area (Å²) in [5, 5.41) is 10.1. The second-order valence-electron chi connectivity index (χ2n) is 13.0. The summed E-state index contributed by atoms with van der Waals surface area (Å²) in [6.45, 7) is 2.09. The number of aromatic amines is 1. The van der Waals surface area contributed by atoms with E-state index >= 15 is 0 Å². The molecule has 2 aliphatic rings. The van der Waals surface area contributed by atoms with Crippen molar-refractivity contribution >= 4 is 39.1 Å². The number of hydrogen-bond acceptors (Lipinski definition) is 9. The first kappa shape index (κ1) is 35.6. The molecule has 50 heavy (non-hydrogen) atoms. The van der Waals surface area contributed by atoms with E-state index in [4.69, 9.17) is 23.1 Å². The minimum atomic E-state index is -3.79. The van der Waals surface area contributed by atoms with E-state index in [-0.39, 0.29) is 34.5 Å². The van der Waals surface area contributed by atoms with Gasteiger partial charge in [-0.2, -0.15) is 10.1 Å². The molecule has 15 heteroatoms. The molecule has 0 bridgehead atoms. The number of nitrogens with one attached hydrogen (secondary N) is 3. The van der Waals surface area contributed by atoms with Gasteiger partial charge >= 0.3 is 0 Å². The second-order valence-corrected chi connectivity index (χ2v) is 15.1. The van der Waals surface area contributed by atoms with Crippen molar-refractivity contribution in [2.75, 3.05) is 24.5 Å². The Morgan fingerprint density at radius 3 is 2.36 bits per heavy atom. The predicted octanol–water partition coefficient (Wildman–Crippen LogP) is 3.41. The molecule has 0 radical (unpaired) electrons. The van der Waals surface area contributed by atoms with Gasteiger partial charge in [0.1, 0.15) is 10.9 Å². The Hall–Kier alpha value is -4.21. The number of carbonyl (C=O) groups is 2. The standard InChI is InChI=1S/C35H42ClN9O4S/c36-35-41-33(42-43-35)24-8-10-29(11-9-24)45(34(47)25-6-4-22(19-37)5-7-25)31(32(38)46)17-23-2-1-3-26(16-23)27-18-30(21-40-20-27)50(48,49)44-28-12-14-39-15-13-28/h1-3,8-11,16,18,20-22,25,28,31,39,44H,4-7,12-15,17,19,37H2,(H2,38,46)(H,41,42,43)/t22?,25?,31-/m0/s1. The summed E-state index contributed by atoms with van der Waals surface area (Å²) in [4.78, 5) is 37.6. The highest BCUT2D eigenvalue weighted by Gasteiger charge is 2.36. The molecular weight excluding hydrogens is 678 g/mol. The van der Waals surface area contributed by atoms with Crippen LogP contribution in [0.3, 0.4) is 0 Å². The van der Waals surface area contributed by atoms with Crippen LogP contribution in [0.15, 0.2) is 71.9 Å². The van der Waals surface area contributed by atoms with E-state index in [2.05, 4.69) is 30.2 Å². The Balaban J connectivity index is 1.28. The molecule has 7 N–H and O–H groups in total. The molecule has 2 fully saturated rings. The number of amides is 2. The topological polar surface area (TPSA) is 202 Å². The van der Waals surface area contributed by atoms with Gasteiger partial charge in [-0.1, -0.05) is 24.3 Å². The lowest BCUT2D eigenvalue weighted by Gasteiger charge is -2.35. The molecule has 0 spiro atoms. The van der Waals surface area contributed by atoms with Crippen LogP contribution in [-0.4, -0.2) is 72.1 Å². The summed E-state index contributed by atoms with van der Waals surface area (Å²) >= 11 is 5.93. The number of carbonyl (C=O) groups excluding carboxylic acids is 2. The first-order valence-corrected chi connectivity index (χ1v) is 18.8. The summed E-state index contributed by atoms with van der Waals surface area (Å²) < 4.78 is 29.3. The molecular formula is C35H42ClN9O4S. The molecule has 1 aliphatic carbocycles. The van der Waals surface area contributed by atoms with E-state index in [0.29, 0.717) is 66.3 Å². The van der Waals surface area contributed by atoms with Crippen LogP contribution in [0, 0.1) is 11.8 Å². The number of sulfonamides is 1. The van der Waals surface area contributed by atoms with E-state index in [1.54, 1.807) is 36.5 Å². The number of aromatic nitrogens is 4. The van der Waals surface area contributed by atoms with Crippen LogP contribution in [0.2, 0.25) is 5.28 Å². The summed E-state index contributed by atoms with van der Waals surface area (Å²) in [5.41, 5.74) is 15.2. The maximum Gasteiger partial charge on any atom is 0.242 e. The maximum absolute atomic E-state index is 14.3. The third-order valence-electron chi connectivity index (χ3n) is 9.64.